The molecule has 1 fully saturated rings. The van der Waals surface area contributed by atoms with Crippen molar-refractivity contribution in [2.45, 2.75) is 32.4 Å². The maximum Gasteiger partial charge on any atom is 0.161 e. The maximum absolute atomic E-state index is 10.1. The van der Waals surface area contributed by atoms with Crippen LogP contribution in [0.15, 0.2) is 54.6 Å². The fourth-order valence-corrected chi connectivity index (χ4v) is 3.64. The first-order valence-electron chi connectivity index (χ1n) is 11.4. The molecule has 6 heteroatoms. The Bertz CT molecular complexity index is 749. The Morgan fingerprint density at radius 2 is 1.55 bits per heavy atom. The van der Waals surface area contributed by atoms with E-state index < -0.39 is 6.10 Å². The highest BCUT2D eigenvalue weighted by Crippen LogP contribution is 2.26. The molecular weight excluding hydrogens is 390 g/mol. The number of aliphatic hydroxyl groups excluding tert-OH is 1. The van der Waals surface area contributed by atoms with Crippen LogP contribution in [-0.2, 0) is 0 Å². The first-order chi connectivity index (χ1) is 15.1. The van der Waals surface area contributed by atoms with Crippen molar-refractivity contribution in [3.05, 3.63) is 54.6 Å². The van der Waals surface area contributed by atoms with Gasteiger partial charge in [-0.1, -0.05) is 44.2 Å². The van der Waals surface area contributed by atoms with Crippen LogP contribution >= 0.6 is 0 Å². The highest BCUT2D eigenvalue weighted by molar-refractivity contribution is 5.46. The van der Waals surface area contributed by atoms with Crippen molar-refractivity contribution >= 4 is 5.69 Å². The van der Waals surface area contributed by atoms with E-state index in [1.807, 2.05) is 24.3 Å². The average molecular weight is 428 g/mol. The van der Waals surface area contributed by atoms with Crippen molar-refractivity contribution < 1.29 is 14.6 Å². The van der Waals surface area contributed by atoms with E-state index in [-0.39, 0.29) is 6.61 Å². The fourth-order valence-electron chi connectivity index (χ4n) is 3.64. The summed E-state index contributed by atoms with van der Waals surface area (Å²) in [5.74, 6) is 1.42. The first kappa shape index (κ1) is 23.4. The number of piperazine rings is 1. The average Bonchev–Trinajstić information content (AvgIpc) is 2.80. The van der Waals surface area contributed by atoms with Crippen molar-refractivity contribution in [2.24, 2.45) is 0 Å². The summed E-state index contributed by atoms with van der Waals surface area (Å²) in [6.07, 6.45) is 0.422. The molecular formula is C25H37N3O3. The minimum absolute atomic E-state index is 0.242. The number of ether oxygens (including phenoxy) is 2. The van der Waals surface area contributed by atoms with Gasteiger partial charge in [-0.15, -0.1) is 0 Å². The fraction of sp³-hybridized carbons (Fsp3) is 0.520. The van der Waals surface area contributed by atoms with Crippen LogP contribution in [0.4, 0.5) is 5.69 Å². The lowest BCUT2D eigenvalue weighted by molar-refractivity contribution is 0.102. The molecule has 0 spiro atoms. The SMILES string of the molecule is CC(C)NCC(O)COc1ccccc1OCCCN1CCN(c2ccccc2)CC1. The number of nitrogens with zero attached hydrogens (tertiary/aromatic N) is 2. The summed E-state index contributed by atoms with van der Waals surface area (Å²) in [7, 11) is 0. The molecule has 0 radical (unpaired) electrons. The van der Waals surface area contributed by atoms with Gasteiger partial charge in [-0.25, -0.2) is 0 Å². The molecule has 0 aliphatic carbocycles. The van der Waals surface area contributed by atoms with Gasteiger partial charge in [-0.05, 0) is 30.7 Å². The molecule has 1 atom stereocenters. The van der Waals surface area contributed by atoms with Crippen LogP contribution in [0.25, 0.3) is 0 Å². The topological polar surface area (TPSA) is 57.2 Å². The van der Waals surface area contributed by atoms with E-state index in [1.165, 1.54) is 5.69 Å². The summed E-state index contributed by atoms with van der Waals surface area (Å²) in [5, 5.41) is 13.3. The molecule has 0 saturated carbocycles. The lowest BCUT2D eigenvalue weighted by Gasteiger charge is -2.36. The minimum atomic E-state index is -0.551. The van der Waals surface area contributed by atoms with E-state index >= 15 is 0 Å². The van der Waals surface area contributed by atoms with E-state index in [2.05, 4.69) is 59.3 Å². The molecule has 1 heterocycles. The first-order valence-corrected chi connectivity index (χ1v) is 11.4. The molecule has 6 nitrogen and oxygen atoms in total. The van der Waals surface area contributed by atoms with E-state index in [0.717, 1.165) is 44.9 Å². The summed E-state index contributed by atoms with van der Waals surface area (Å²) in [6.45, 7) is 10.8. The van der Waals surface area contributed by atoms with Crippen LogP contribution < -0.4 is 19.7 Å². The summed E-state index contributed by atoms with van der Waals surface area (Å²) in [5.41, 5.74) is 1.31. The van der Waals surface area contributed by atoms with Crippen LogP contribution in [0.3, 0.4) is 0 Å². The molecule has 1 aliphatic rings. The van der Waals surface area contributed by atoms with Gasteiger partial charge in [-0.2, -0.15) is 0 Å². The van der Waals surface area contributed by atoms with Crippen LogP contribution in [0.1, 0.15) is 20.3 Å². The second-order valence-corrected chi connectivity index (χ2v) is 8.34. The number of benzene rings is 2. The number of anilines is 1. The molecule has 1 unspecified atom stereocenters. The number of para-hydroxylation sites is 3. The third kappa shape index (κ3) is 8.05. The normalized spacial score (nSPS) is 15.8. The number of hydrogen-bond acceptors (Lipinski definition) is 6. The number of aliphatic hydroxyl groups is 1. The van der Waals surface area contributed by atoms with Gasteiger partial charge in [0.05, 0.1) is 6.61 Å². The highest BCUT2D eigenvalue weighted by Gasteiger charge is 2.16. The van der Waals surface area contributed by atoms with Gasteiger partial charge in [-0.3, -0.25) is 4.90 Å². The molecule has 31 heavy (non-hydrogen) atoms. The van der Waals surface area contributed by atoms with Crippen molar-refractivity contribution in [2.75, 3.05) is 57.4 Å². The molecule has 0 amide bonds. The third-order valence-corrected chi connectivity index (χ3v) is 5.41. The lowest BCUT2D eigenvalue weighted by atomic mass is 10.2. The van der Waals surface area contributed by atoms with Crippen LogP contribution in [0, 0.1) is 0 Å². The predicted molar refractivity (Wildman–Crippen MR) is 126 cm³/mol. The van der Waals surface area contributed by atoms with E-state index in [4.69, 9.17) is 9.47 Å². The van der Waals surface area contributed by atoms with Crippen molar-refractivity contribution in [1.82, 2.24) is 10.2 Å². The van der Waals surface area contributed by atoms with Gasteiger partial charge in [0.25, 0.3) is 0 Å². The van der Waals surface area contributed by atoms with Gasteiger partial charge >= 0.3 is 0 Å². The predicted octanol–water partition coefficient (Wildman–Crippen LogP) is 3.02. The summed E-state index contributed by atoms with van der Waals surface area (Å²) >= 11 is 0. The molecule has 170 valence electrons. The van der Waals surface area contributed by atoms with Crippen molar-refractivity contribution in [1.29, 1.82) is 0 Å². The Hall–Kier alpha value is -2.28. The third-order valence-electron chi connectivity index (χ3n) is 5.41. The summed E-state index contributed by atoms with van der Waals surface area (Å²) in [6, 6.07) is 18.7. The summed E-state index contributed by atoms with van der Waals surface area (Å²) in [4.78, 5) is 4.95. The second-order valence-electron chi connectivity index (χ2n) is 8.34. The van der Waals surface area contributed by atoms with Gasteiger partial charge in [0.2, 0.25) is 0 Å². The Kier molecular flexibility index (Phi) is 9.46. The molecule has 2 aromatic rings. The van der Waals surface area contributed by atoms with E-state index in [0.29, 0.717) is 24.9 Å². The molecule has 3 rings (SSSR count). The monoisotopic (exact) mass is 427 g/mol. The molecule has 1 aliphatic heterocycles. The lowest BCUT2D eigenvalue weighted by Crippen LogP contribution is -2.46. The summed E-state index contributed by atoms with van der Waals surface area (Å²) < 4.78 is 11.8. The smallest absolute Gasteiger partial charge is 0.161 e. The standard InChI is InChI=1S/C25H37N3O3/c1-21(2)26-19-23(29)20-31-25-12-7-6-11-24(25)30-18-8-13-27-14-16-28(17-15-27)22-9-4-3-5-10-22/h3-7,9-12,21,23,26,29H,8,13-20H2,1-2H3. The second kappa shape index (κ2) is 12.5. The van der Waals surface area contributed by atoms with Gasteiger partial charge in [0.15, 0.2) is 11.5 Å². The zero-order valence-electron chi connectivity index (χ0n) is 18.9. The van der Waals surface area contributed by atoms with Crippen LogP contribution in [-0.4, -0.2) is 74.6 Å². The maximum atomic E-state index is 10.1. The quantitative estimate of drug-likeness (QED) is 0.508. The van der Waals surface area contributed by atoms with Crippen molar-refractivity contribution in [3.8, 4) is 11.5 Å². The van der Waals surface area contributed by atoms with Gasteiger partial charge in [0.1, 0.15) is 12.7 Å². The van der Waals surface area contributed by atoms with Crippen LogP contribution in [0.5, 0.6) is 11.5 Å². The van der Waals surface area contributed by atoms with Gasteiger partial charge < -0.3 is 24.8 Å². The number of hydrogen-bond donors (Lipinski definition) is 2. The minimum Gasteiger partial charge on any atom is -0.490 e. The molecule has 2 N–H and O–H groups in total. The Balaban J connectivity index is 1.35. The van der Waals surface area contributed by atoms with Crippen molar-refractivity contribution in [3.63, 3.8) is 0 Å². The molecule has 0 bridgehead atoms. The highest BCUT2D eigenvalue weighted by atomic mass is 16.5. The number of nitrogens with one attached hydrogen (secondary N) is 1. The van der Waals surface area contributed by atoms with E-state index in [9.17, 15) is 5.11 Å². The molecule has 1 saturated heterocycles. The van der Waals surface area contributed by atoms with E-state index in [1.54, 1.807) is 0 Å². The molecule has 0 aromatic heterocycles. The zero-order valence-corrected chi connectivity index (χ0v) is 18.9. The van der Waals surface area contributed by atoms with Gasteiger partial charge in [0, 0.05) is 51.0 Å². The Morgan fingerprint density at radius 3 is 2.23 bits per heavy atom. The number of rotatable bonds is 12. The van der Waals surface area contributed by atoms with Crippen LogP contribution in [0.2, 0.25) is 0 Å². The zero-order chi connectivity index (χ0) is 21.9. The Labute approximate surface area is 186 Å². The Morgan fingerprint density at radius 1 is 0.903 bits per heavy atom. The molecule has 2 aromatic carbocycles. The largest absolute Gasteiger partial charge is 0.490 e.